The van der Waals surface area contributed by atoms with Gasteiger partial charge >= 0.3 is 275 Å². The molecule has 0 N–H and O–H groups in total. The molecule has 0 aromatic heterocycles. The minimum absolute atomic E-state index is 0. The van der Waals surface area contributed by atoms with Crippen LogP contribution in [0.25, 0.3) is 22.3 Å². The molecule has 214 valence electrons. The second-order valence-electron chi connectivity index (χ2n) is 11.7. The summed E-state index contributed by atoms with van der Waals surface area (Å²) < 4.78 is 6.21. The van der Waals surface area contributed by atoms with Crippen molar-refractivity contribution < 1.29 is 51.0 Å². The molecule has 2 aliphatic rings. The fourth-order valence-corrected chi connectivity index (χ4v) is 23.1. The summed E-state index contributed by atoms with van der Waals surface area (Å²) in [7, 11) is 0. The topological polar surface area (TPSA) is 0 Å². The number of hydrogen-bond donors (Lipinski definition) is 0. The van der Waals surface area contributed by atoms with E-state index in [1.165, 1.54) is 62.8 Å². The molecule has 0 saturated heterocycles. The smallest absolute Gasteiger partial charge is 1.00 e. The minimum Gasteiger partial charge on any atom is -1.00 e. The molecule has 0 nitrogen and oxygen atoms in total. The SMILES string of the molecule is Cc1[c]([Sn]([c]2ccccc2)([c]2ccccc2)[c]2ccc3c(c2C)Cc2ccccc2-3)ccc2c1Cc1ccccc1-2.[Cl-].[Cl-].[Zr+2]. The molecular weight excluding hydrogens is 761 g/mol. The van der Waals surface area contributed by atoms with Crippen molar-refractivity contribution in [1.29, 1.82) is 0 Å². The van der Waals surface area contributed by atoms with Crippen molar-refractivity contribution in [2.75, 3.05) is 0 Å². The molecule has 0 aliphatic heterocycles. The molecule has 2 aliphatic carbocycles. The predicted molar refractivity (Wildman–Crippen MR) is 176 cm³/mol. The monoisotopic (exact) mass is 792 g/mol. The second-order valence-corrected chi connectivity index (χ2v) is 22.3. The van der Waals surface area contributed by atoms with Crippen LogP contribution in [0.1, 0.15) is 33.4 Å². The van der Waals surface area contributed by atoms with Gasteiger partial charge in [0.1, 0.15) is 0 Å². The fourth-order valence-electron chi connectivity index (χ4n) is 7.85. The summed E-state index contributed by atoms with van der Waals surface area (Å²) in [6.07, 6.45) is 2.05. The van der Waals surface area contributed by atoms with Gasteiger partial charge in [-0.25, -0.2) is 0 Å². The summed E-state index contributed by atoms with van der Waals surface area (Å²) >= 11 is -3.82. The van der Waals surface area contributed by atoms with Crippen LogP contribution in [0.15, 0.2) is 133 Å². The van der Waals surface area contributed by atoms with E-state index in [0.717, 1.165) is 12.8 Å². The van der Waals surface area contributed by atoms with Crippen molar-refractivity contribution in [2.45, 2.75) is 26.7 Å². The van der Waals surface area contributed by atoms with Gasteiger partial charge in [-0.3, -0.25) is 0 Å². The third-order valence-corrected chi connectivity index (χ3v) is 24.3. The molecule has 0 atom stereocenters. The van der Waals surface area contributed by atoms with E-state index in [4.69, 9.17) is 0 Å². The second kappa shape index (κ2) is 13.1. The molecule has 6 aromatic carbocycles. The summed E-state index contributed by atoms with van der Waals surface area (Å²) in [5, 5.41) is 0. The molecule has 6 aromatic rings. The first-order chi connectivity index (χ1) is 20.2. The van der Waals surface area contributed by atoms with Gasteiger partial charge in [-0.15, -0.1) is 0 Å². The fraction of sp³-hybridized carbons (Fsp3) is 0.100. The molecule has 0 spiro atoms. The van der Waals surface area contributed by atoms with Gasteiger partial charge in [-0.05, 0) is 0 Å². The zero-order valence-corrected chi connectivity index (χ0v) is 31.7. The van der Waals surface area contributed by atoms with E-state index in [-0.39, 0.29) is 51.0 Å². The quantitative estimate of drug-likeness (QED) is 0.232. The number of hydrogen-bond acceptors (Lipinski definition) is 0. The molecule has 0 saturated carbocycles. The van der Waals surface area contributed by atoms with Gasteiger partial charge in [0.25, 0.3) is 0 Å². The first-order valence-electron chi connectivity index (χ1n) is 14.7. The van der Waals surface area contributed by atoms with Crippen LogP contribution in [0, 0.1) is 13.8 Å². The Labute approximate surface area is 296 Å². The molecule has 8 rings (SSSR count). The Hall–Kier alpha value is -2.42. The first kappa shape index (κ1) is 33.0. The van der Waals surface area contributed by atoms with E-state index in [1.807, 2.05) is 0 Å². The number of halogens is 2. The van der Waals surface area contributed by atoms with Crippen molar-refractivity contribution >= 4 is 32.7 Å². The predicted octanol–water partition coefficient (Wildman–Crippen LogP) is 0.829. The van der Waals surface area contributed by atoms with Crippen LogP contribution in [0.2, 0.25) is 0 Å². The molecule has 0 heterocycles. The molecule has 0 unspecified atom stereocenters. The summed E-state index contributed by atoms with van der Waals surface area (Å²) in [6, 6.07) is 50.9. The maximum atomic E-state index is 2.52. The molecule has 0 amide bonds. The van der Waals surface area contributed by atoms with Crippen molar-refractivity contribution in [2.24, 2.45) is 0 Å². The van der Waals surface area contributed by atoms with Crippen LogP contribution in [-0.2, 0) is 39.0 Å². The van der Waals surface area contributed by atoms with Crippen LogP contribution >= 0.6 is 0 Å². The van der Waals surface area contributed by atoms with Gasteiger partial charge in [0.2, 0.25) is 0 Å². The van der Waals surface area contributed by atoms with E-state index in [9.17, 15) is 0 Å². The molecule has 0 fully saturated rings. The number of fused-ring (bicyclic) bond motifs is 6. The zero-order valence-electron chi connectivity index (χ0n) is 24.9. The maximum Gasteiger partial charge on any atom is 2.00 e. The van der Waals surface area contributed by atoms with Crippen LogP contribution in [0.3, 0.4) is 0 Å². The van der Waals surface area contributed by atoms with Crippen LogP contribution in [0.5, 0.6) is 0 Å². The Kier molecular flexibility index (Phi) is 9.84. The molecule has 44 heavy (non-hydrogen) atoms. The Bertz CT molecular complexity index is 1820. The van der Waals surface area contributed by atoms with Crippen molar-refractivity contribution in [3.8, 4) is 22.3 Å². The van der Waals surface area contributed by atoms with E-state index >= 15 is 0 Å². The standard InChI is InChI=1S/2C14H11.2C6H5.2ClH.Sn.Zr/c2*1-10-5-4-8-13-12-7-3-2-6-11(12)9-14(10)13;2*1-2-4-6-5-3-1;;;;/h2*2-4,6-8H,9H2,1H3;2*1-5H;2*1H;;/q;;;;;;;+2/p-2. The molecule has 0 bridgehead atoms. The Morgan fingerprint density at radius 1 is 0.409 bits per heavy atom. The summed E-state index contributed by atoms with van der Waals surface area (Å²) in [5.74, 6) is 0. The van der Waals surface area contributed by atoms with Gasteiger partial charge in [-0.2, -0.15) is 0 Å². The van der Waals surface area contributed by atoms with Gasteiger partial charge in [0.15, 0.2) is 0 Å². The van der Waals surface area contributed by atoms with Crippen molar-refractivity contribution in [3.63, 3.8) is 0 Å². The Balaban J connectivity index is 0.00000128. The summed E-state index contributed by atoms with van der Waals surface area (Å²) in [5.41, 5.74) is 14.6. The van der Waals surface area contributed by atoms with Crippen molar-refractivity contribution in [3.05, 3.63) is 167 Å². The average Bonchev–Trinajstić information content (AvgIpc) is 3.60. The number of rotatable bonds is 4. The van der Waals surface area contributed by atoms with E-state index < -0.39 is 18.4 Å². The number of benzene rings is 6. The van der Waals surface area contributed by atoms with E-state index in [1.54, 1.807) is 7.16 Å². The summed E-state index contributed by atoms with van der Waals surface area (Å²) in [6.45, 7) is 4.83. The average molecular weight is 794 g/mol. The minimum atomic E-state index is -3.82. The molecular formula is C40H32Cl2SnZr. The molecule has 4 heteroatoms. The third kappa shape index (κ3) is 4.91. The van der Waals surface area contributed by atoms with Crippen molar-refractivity contribution in [1.82, 2.24) is 0 Å². The zero-order chi connectivity index (χ0) is 27.6. The third-order valence-electron chi connectivity index (χ3n) is 9.77. The van der Waals surface area contributed by atoms with Crippen LogP contribution in [0.4, 0.5) is 0 Å². The van der Waals surface area contributed by atoms with Gasteiger partial charge in [-0.1, -0.05) is 0 Å². The first-order valence-corrected chi connectivity index (χ1v) is 20.4. The van der Waals surface area contributed by atoms with E-state index in [2.05, 4.69) is 147 Å². The van der Waals surface area contributed by atoms with Gasteiger partial charge in [0, 0.05) is 0 Å². The summed E-state index contributed by atoms with van der Waals surface area (Å²) in [4.78, 5) is 0. The Morgan fingerprint density at radius 2 is 0.773 bits per heavy atom. The normalized spacial score (nSPS) is 12.0. The Morgan fingerprint density at radius 3 is 1.18 bits per heavy atom. The van der Waals surface area contributed by atoms with Gasteiger partial charge in [0.05, 0.1) is 0 Å². The van der Waals surface area contributed by atoms with Gasteiger partial charge < -0.3 is 24.8 Å². The van der Waals surface area contributed by atoms with Crippen LogP contribution in [-0.4, -0.2) is 18.4 Å². The van der Waals surface area contributed by atoms with E-state index in [0.29, 0.717) is 0 Å². The largest absolute Gasteiger partial charge is 2.00 e. The van der Waals surface area contributed by atoms with Crippen LogP contribution < -0.4 is 39.1 Å². The molecule has 0 radical (unpaired) electrons. The maximum absolute atomic E-state index is 3.82.